The lowest BCUT2D eigenvalue weighted by molar-refractivity contribution is 0.0846. The van der Waals surface area contributed by atoms with E-state index in [2.05, 4.69) is 25.5 Å². The van der Waals surface area contributed by atoms with Gasteiger partial charge in [-0.1, -0.05) is 42.1 Å². The lowest BCUT2D eigenvalue weighted by atomic mass is 10.1. The number of H-pyrrole nitrogens is 1. The lowest BCUT2D eigenvalue weighted by Gasteiger charge is -2.09. The molecule has 4 aromatic rings. The van der Waals surface area contributed by atoms with E-state index in [4.69, 9.17) is 0 Å². The third-order valence-electron chi connectivity index (χ3n) is 4.92. The Balaban J connectivity index is 1.32. The van der Waals surface area contributed by atoms with Gasteiger partial charge in [-0.05, 0) is 55.1 Å². The van der Waals surface area contributed by atoms with E-state index < -0.39 is 21.8 Å². The highest BCUT2D eigenvalue weighted by Crippen LogP contribution is 2.23. The molecule has 11 heteroatoms. The van der Waals surface area contributed by atoms with E-state index in [0.29, 0.717) is 11.3 Å². The first-order valence-electron chi connectivity index (χ1n) is 10.2. The first-order valence-corrected chi connectivity index (χ1v) is 12.6. The van der Waals surface area contributed by atoms with Gasteiger partial charge in [0.15, 0.2) is 5.16 Å². The maximum absolute atomic E-state index is 12.4. The Morgan fingerprint density at radius 3 is 2.32 bits per heavy atom. The minimum Gasteiger partial charge on any atom is -0.333 e. The number of imidazole rings is 1. The first-order chi connectivity index (χ1) is 16.4. The van der Waals surface area contributed by atoms with Crippen molar-refractivity contribution >= 4 is 44.6 Å². The average Bonchev–Trinajstić information content (AvgIpc) is 3.29. The van der Waals surface area contributed by atoms with Gasteiger partial charge in [0.1, 0.15) is 0 Å². The molecule has 2 amide bonds. The van der Waals surface area contributed by atoms with Crippen LogP contribution in [-0.2, 0) is 15.8 Å². The number of thioether (sulfide) groups is 1. The molecule has 0 aliphatic rings. The number of hydrogen-bond acceptors (Lipinski definition) is 6. The molecular formula is C23H21N5O4S2. The molecule has 174 valence electrons. The zero-order valence-electron chi connectivity index (χ0n) is 18.0. The third kappa shape index (κ3) is 5.45. The van der Waals surface area contributed by atoms with Crippen LogP contribution in [0.4, 0.5) is 0 Å². The van der Waals surface area contributed by atoms with Crippen molar-refractivity contribution in [1.82, 2.24) is 25.5 Å². The number of nitrogens with zero attached hydrogens (tertiary/aromatic N) is 1. The molecule has 0 aliphatic carbocycles. The number of amides is 2. The summed E-state index contributed by atoms with van der Waals surface area (Å²) >= 11 is 1.56. The predicted octanol–water partition coefficient (Wildman–Crippen LogP) is 2.84. The largest absolute Gasteiger partial charge is 0.333 e. The van der Waals surface area contributed by atoms with Crippen molar-refractivity contribution in [2.24, 2.45) is 0 Å². The maximum atomic E-state index is 12.4. The van der Waals surface area contributed by atoms with Crippen molar-refractivity contribution < 1.29 is 18.0 Å². The smallest absolute Gasteiger partial charge is 0.269 e. The Hall–Kier alpha value is -3.67. The molecule has 0 atom stereocenters. The van der Waals surface area contributed by atoms with Crippen LogP contribution >= 0.6 is 11.8 Å². The van der Waals surface area contributed by atoms with E-state index in [9.17, 15) is 18.0 Å². The molecule has 4 N–H and O–H groups in total. The Kier molecular flexibility index (Phi) is 6.96. The second-order valence-electron chi connectivity index (χ2n) is 7.19. The number of hydrogen-bond donors (Lipinski definition) is 4. The molecule has 3 aromatic carbocycles. The summed E-state index contributed by atoms with van der Waals surface area (Å²) < 4.78 is 26.0. The van der Waals surface area contributed by atoms with E-state index in [-0.39, 0.29) is 10.5 Å². The molecule has 0 radical (unpaired) electrons. The van der Waals surface area contributed by atoms with Gasteiger partial charge in [0.2, 0.25) is 10.0 Å². The maximum Gasteiger partial charge on any atom is 0.269 e. The topological polar surface area (TPSA) is 133 Å². The monoisotopic (exact) mass is 495 g/mol. The lowest BCUT2D eigenvalue weighted by Crippen LogP contribution is -2.41. The number of rotatable bonds is 7. The third-order valence-corrected chi connectivity index (χ3v) is 7.28. The van der Waals surface area contributed by atoms with Gasteiger partial charge in [-0.2, -0.15) is 0 Å². The molecule has 1 heterocycles. The number of fused-ring (bicyclic) bond motifs is 1. The summed E-state index contributed by atoms with van der Waals surface area (Å²) in [6.45, 7) is 0. The Labute approximate surface area is 200 Å². The molecule has 0 bridgehead atoms. The summed E-state index contributed by atoms with van der Waals surface area (Å²) in [7, 11) is -2.40. The van der Waals surface area contributed by atoms with Crippen LogP contribution in [0.25, 0.3) is 11.0 Å². The summed E-state index contributed by atoms with van der Waals surface area (Å²) in [4.78, 5) is 32.5. The van der Waals surface area contributed by atoms with Crippen LogP contribution in [0.2, 0.25) is 0 Å². The summed E-state index contributed by atoms with van der Waals surface area (Å²) in [5.74, 6) is -0.464. The number of aromatic nitrogens is 2. The quantitative estimate of drug-likeness (QED) is 0.230. The summed E-state index contributed by atoms with van der Waals surface area (Å²) in [6, 6.07) is 20.3. The van der Waals surface area contributed by atoms with Gasteiger partial charge in [0.25, 0.3) is 11.8 Å². The SMILES string of the molecule is CNS(=O)(=O)c1cccc(C(=O)NNC(=O)c2ccc(CSc3nc4ccccc4[nH]3)cc2)c1. The molecule has 9 nitrogen and oxygen atoms in total. The van der Waals surface area contributed by atoms with Gasteiger partial charge < -0.3 is 4.98 Å². The van der Waals surface area contributed by atoms with E-state index >= 15 is 0 Å². The average molecular weight is 496 g/mol. The van der Waals surface area contributed by atoms with Gasteiger partial charge in [0, 0.05) is 16.9 Å². The van der Waals surface area contributed by atoms with E-state index in [1.165, 1.54) is 31.3 Å². The molecule has 0 saturated heterocycles. The van der Waals surface area contributed by atoms with Crippen molar-refractivity contribution in [2.75, 3.05) is 7.05 Å². The number of hydrazine groups is 1. The van der Waals surface area contributed by atoms with Crippen LogP contribution in [0, 0.1) is 0 Å². The molecule has 0 spiro atoms. The fraction of sp³-hybridized carbons (Fsp3) is 0.0870. The number of carbonyl (C=O) groups is 2. The van der Waals surface area contributed by atoms with Crippen LogP contribution in [0.1, 0.15) is 26.3 Å². The number of nitrogens with one attached hydrogen (secondary N) is 4. The molecule has 4 rings (SSSR count). The molecule has 34 heavy (non-hydrogen) atoms. The zero-order chi connectivity index (χ0) is 24.1. The number of carbonyl (C=O) groups excluding carboxylic acids is 2. The van der Waals surface area contributed by atoms with Crippen LogP contribution in [0.5, 0.6) is 0 Å². The molecular weight excluding hydrogens is 474 g/mol. The highest BCUT2D eigenvalue weighted by molar-refractivity contribution is 7.98. The van der Waals surface area contributed by atoms with E-state index in [0.717, 1.165) is 21.8 Å². The molecule has 0 unspecified atom stereocenters. The van der Waals surface area contributed by atoms with Crippen LogP contribution in [0.3, 0.4) is 0 Å². The molecule has 0 saturated carbocycles. The zero-order valence-corrected chi connectivity index (χ0v) is 19.7. The van der Waals surface area contributed by atoms with Crippen molar-refractivity contribution in [3.63, 3.8) is 0 Å². The van der Waals surface area contributed by atoms with Crippen LogP contribution in [0.15, 0.2) is 82.8 Å². The standard InChI is InChI=1S/C23H21N5O4S2/c1-24-34(31,32)18-6-4-5-17(13-18)22(30)28-27-21(29)16-11-9-15(10-12-16)14-33-23-25-19-7-2-3-8-20(19)26-23/h2-13,24H,14H2,1H3,(H,25,26)(H,27,29)(H,28,30). The first kappa shape index (κ1) is 23.5. The summed E-state index contributed by atoms with van der Waals surface area (Å²) in [5.41, 5.74) is 7.99. The number of para-hydroxylation sites is 2. The fourth-order valence-corrected chi connectivity index (χ4v) is 4.70. The predicted molar refractivity (Wildman–Crippen MR) is 130 cm³/mol. The minimum atomic E-state index is -3.69. The van der Waals surface area contributed by atoms with Gasteiger partial charge in [-0.3, -0.25) is 20.4 Å². The molecule has 0 fully saturated rings. The van der Waals surface area contributed by atoms with Gasteiger partial charge in [-0.25, -0.2) is 18.1 Å². The van der Waals surface area contributed by atoms with Gasteiger partial charge >= 0.3 is 0 Å². The van der Waals surface area contributed by atoms with Crippen molar-refractivity contribution in [1.29, 1.82) is 0 Å². The summed E-state index contributed by atoms with van der Waals surface area (Å²) in [6.07, 6.45) is 0. The van der Waals surface area contributed by atoms with Crippen molar-refractivity contribution in [2.45, 2.75) is 15.8 Å². The summed E-state index contributed by atoms with van der Waals surface area (Å²) in [5, 5.41) is 0.817. The Morgan fingerprint density at radius 1 is 0.912 bits per heavy atom. The van der Waals surface area contributed by atoms with Gasteiger partial charge in [0.05, 0.1) is 15.9 Å². The number of benzene rings is 3. The Morgan fingerprint density at radius 2 is 1.62 bits per heavy atom. The fourth-order valence-electron chi connectivity index (χ4n) is 3.08. The van der Waals surface area contributed by atoms with Gasteiger partial charge in [-0.15, -0.1) is 0 Å². The minimum absolute atomic E-state index is 0.0508. The van der Waals surface area contributed by atoms with Crippen LogP contribution in [-0.4, -0.2) is 37.2 Å². The second-order valence-corrected chi connectivity index (χ2v) is 10.0. The second kappa shape index (κ2) is 10.1. The van der Waals surface area contributed by atoms with Crippen molar-refractivity contribution in [3.05, 3.63) is 89.5 Å². The molecule has 1 aromatic heterocycles. The highest BCUT2D eigenvalue weighted by atomic mass is 32.2. The highest BCUT2D eigenvalue weighted by Gasteiger charge is 2.15. The number of sulfonamides is 1. The van der Waals surface area contributed by atoms with E-state index in [1.54, 1.807) is 23.9 Å². The molecule has 0 aliphatic heterocycles. The number of aromatic amines is 1. The van der Waals surface area contributed by atoms with E-state index in [1.807, 2.05) is 36.4 Å². The normalized spacial score (nSPS) is 11.3. The van der Waals surface area contributed by atoms with Crippen molar-refractivity contribution in [3.8, 4) is 0 Å². The van der Waals surface area contributed by atoms with Crippen LogP contribution < -0.4 is 15.6 Å². The Bertz CT molecular complexity index is 1420.